The topological polar surface area (TPSA) is 67.4 Å². The standard InChI is InChI=1S/C15H20F2N2O3/c1-9(2)13(19-10(3)20)14(21)18-8-11-4-6-12(7-5-11)22-15(16)17/h4-7,9,13,15H,8H2,1-3H3,(H,18,21)(H,19,20). The summed E-state index contributed by atoms with van der Waals surface area (Å²) in [6.45, 7) is 2.38. The first-order chi connectivity index (χ1) is 10.3. The molecule has 2 N–H and O–H groups in total. The van der Waals surface area contributed by atoms with Crippen LogP contribution in [0.2, 0.25) is 0 Å². The van der Waals surface area contributed by atoms with Crippen molar-refractivity contribution in [1.82, 2.24) is 10.6 Å². The Morgan fingerprint density at radius 1 is 1.18 bits per heavy atom. The van der Waals surface area contributed by atoms with Gasteiger partial charge in [-0.15, -0.1) is 0 Å². The van der Waals surface area contributed by atoms with Crippen molar-refractivity contribution in [1.29, 1.82) is 0 Å². The maximum atomic E-state index is 12.1. The molecule has 0 heterocycles. The van der Waals surface area contributed by atoms with Crippen molar-refractivity contribution in [3.63, 3.8) is 0 Å². The predicted octanol–water partition coefficient (Wildman–Crippen LogP) is 2.06. The summed E-state index contributed by atoms with van der Waals surface area (Å²) in [5, 5.41) is 5.30. The SMILES string of the molecule is CC(=O)NC(C(=O)NCc1ccc(OC(F)F)cc1)C(C)C. The van der Waals surface area contributed by atoms with E-state index in [1.807, 2.05) is 13.8 Å². The van der Waals surface area contributed by atoms with Gasteiger partial charge in [0.25, 0.3) is 0 Å². The van der Waals surface area contributed by atoms with E-state index in [1.165, 1.54) is 19.1 Å². The maximum Gasteiger partial charge on any atom is 0.387 e. The van der Waals surface area contributed by atoms with Crippen LogP contribution in [0.3, 0.4) is 0 Å². The fraction of sp³-hybridized carbons (Fsp3) is 0.467. The molecular weight excluding hydrogens is 294 g/mol. The average Bonchev–Trinajstić information content (AvgIpc) is 2.42. The lowest BCUT2D eigenvalue weighted by molar-refractivity contribution is -0.129. The number of rotatable bonds is 7. The van der Waals surface area contributed by atoms with E-state index in [0.717, 1.165) is 5.56 Å². The molecule has 0 aliphatic rings. The highest BCUT2D eigenvalue weighted by atomic mass is 19.3. The largest absolute Gasteiger partial charge is 0.435 e. The van der Waals surface area contributed by atoms with Crippen LogP contribution in [0, 0.1) is 5.92 Å². The fourth-order valence-corrected chi connectivity index (χ4v) is 1.84. The third-order valence-electron chi connectivity index (χ3n) is 2.92. The Bertz CT molecular complexity index is 504. The maximum absolute atomic E-state index is 12.1. The lowest BCUT2D eigenvalue weighted by atomic mass is 10.0. The van der Waals surface area contributed by atoms with E-state index < -0.39 is 12.7 Å². The van der Waals surface area contributed by atoms with Crippen molar-refractivity contribution < 1.29 is 23.1 Å². The minimum Gasteiger partial charge on any atom is -0.435 e. The molecule has 22 heavy (non-hydrogen) atoms. The van der Waals surface area contributed by atoms with E-state index >= 15 is 0 Å². The number of halogens is 2. The first kappa shape index (κ1) is 17.9. The van der Waals surface area contributed by atoms with Crippen molar-refractivity contribution in [3.8, 4) is 5.75 Å². The third-order valence-corrected chi connectivity index (χ3v) is 2.92. The zero-order valence-electron chi connectivity index (χ0n) is 12.7. The van der Waals surface area contributed by atoms with Gasteiger partial charge in [-0.1, -0.05) is 26.0 Å². The summed E-state index contributed by atoms with van der Waals surface area (Å²) in [5.41, 5.74) is 0.736. The summed E-state index contributed by atoms with van der Waals surface area (Å²) >= 11 is 0. The highest BCUT2D eigenvalue weighted by molar-refractivity contribution is 5.87. The van der Waals surface area contributed by atoms with Gasteiger partial charge < -0.3 is 15.4 Å². The third kappa shape index (κ3) is 6.07. The second-order valence-corrected chi connectivity index (χ2v) is 5.16. The van der Waals surface area contributed by atoms with Crippen molar-refractivity contribution >= 4 is 11.8 Å². The summed E-state index contributed by atoms with van der Waals surface area (Å²) < 4.78 is 28.3. The summed E-state index contributed by atoms with van der Waals surface area (Å²) in [7, 11) is 0. The normalized spacial score (nSPS) is 12.1. The molecule has 0 aliphatic heterocycles. The van der Waals surface area contributed by atoms with Gasteiger partial charge in [0, 0.05) is 13.5 Å². The van der Waals surface area contributed by atoms with Crippen LogP contribution in [0.15, 0.2) is 24.3 Å². The summed E-state index contributed by atoms with van der Waals surface area (Å²) in [5.74, 6) is -0.561. The highest BCUT2D eigenvalue weighted by Gasteiger charge is 2.22. The van der Waals surface area contributed by atoms with Crippen LogP contribution in [0.5, 0.6) is 5.75 Å². The number of hydrogen-bond acceptors (Lipinski definition) is 3. The van der Waals surface area contributed by atoms with Gasteiger partial charge >= 0.3 is 6.61 Å². The minimum absolute atomic E-state index is 0.0503. The molecule has 1 rings (SSSR count). The molecule has 122 valence electrons. The first-order valence-electron chi connectivity index (χ1n) is 6.88. The lowest BCUT2D eigenvalue weighted by Gasteiger charge is -2.21. The van der Waals surface area contributed by atoms with Crippen molar-refractivity contribution in [3.05, 3.63) is 29.8 Å². The highest BCUT2D eigenvalue weighted by Crippen LogP contribution is 2.14. The zero-order chi connectivity index (χ0) is 16.7. The second-order valence-electron chi connectivity index (χ2n) is 5.16. The first-order valence-corrected chi connectivity index (χ1v) is 6.88. The molecule has 1 aromatic carbocycles. The number of nitrogens with one attached hydrogen (secondary N) is 2. The molecule has 1 unspecified atom stereocenters. The Morgan fingerprint density at radius 3 is 2.23 bits per heavy atom. The van der Waals surface area contributed by atoms with E-state index in [1.54, 1.807) is 12.1 Å². The molecule has 0 aromatic heterocycles. The number of alkyl halides is 2. The van der Waals surface area contributed by atoms with Crippen LogP contribution in [0.4, 0.5) is 8.78 Å². The van der Waals surface area contributed by atoms with E-state index in [-0.39, 0.29) is 30.0 Å². The smallest absolute Gasteiger partial charge is 0.387 e. The summed E-state index contributed by atoms with van der Waals surface area (Å²) in [4.78, 5) is 23.2. The molecule has 0 aliphatic carbocycles. The molecule has 0 spiro atoms. The molecule has 2 amide bonds. The van der Waals surface area contributed by atoms with Gasteiger partial charge in [-0.05, 0) is 23.6 Å². The van der Waals surface area contributed by atoms with Crippen molar-refractivity contribution in [2.75, 3.05) is 0 Å². The van der Waals surface area contributed by atoms with E-state index in [2.05, 4.69) is 15.4 Å². The summed E-state index contributed by atoms with van der Waals surface area (Å²) in [6, 6.07) is 5.36. The quantitative estimate of drug-likeness (QED) is 0.809. The van der Waals surface area contributed by atoms with Crippen LogP contribution in [0.25, 0.3) is 0 Å². The Morgan fingerprint density at radius 2 is 1.77 bits per heavy atom. The minimum atomic E-state index is -2.87. The number of carbonyl (C=O) groups is 2. The molecular formula is C15H20F2N2O3. The molecule has 0 saturated carbocycles. The molecule has 1 atom stereocenters. The monoisotopic (exact) mass is 314 g/mol. The van der Waals surface area contributed by atoms with E-state index in [4.69, 9.17) is 0 Å². The number of hydrogen-bond donors (Lipinski definition) is 2. The van der Waals surface area contributed by atoms with Crippen molar-refractivity contribution in [2.45, 2.75) is 40.0 Å². The van der Waals surface area contributed by atoms with Crippen LogP contribution >= 0.6 is 0 Å². The van der Waals surface area contributed by atoms with Gasteiger partial charge in [-0.2, -0.15) is 8.78 Å². The predicted molar refractivity (Wildman–Crippen MR) is 77.4 cm³/mol. The van der Waals surface area contributed by atoms with Crippen LogP contribution in [0.1, 0.15) is 26.3 Å². The van der Waals surface area contributed by atoms with Crippen LogP contribution in [-0.2, 0) is 16.1 Å². The van der Waals surface area contributed by atoms with Crippen LogP contribution < -0.4 is 15.4 Å². The molecule has 0 fully saturated rings. The molecule has 5 nitrogen and oxygen atoms in total. The molecule has 0 bridgehead atoms. The van der Waals surface area contributed by atoms with Gasteiger partial charge in [-0.25, -0.2) is 0 Å². The number of carbonyl (C=O) groups excluding carboxylic acids is 2. The number of benzene rings is 1. The number of ether oxygens (including phenoxy) is 1. The zero-order valence-corrected chi connectivity index (χ0v) is 12.7. The van der Waals surface area contributed by atoms with Crippen molar-refractivity contribution in [2.24, 2.45) is 5.92 Å². The van der Waals surface area contributed by atoms with E-state index in [0.29, 0.717) is 0 Å². The molecule has 0 radical (unpaired) electrons. The fourth-order valence-electron chi connectivity index (χ4n) is 1.84. The Kier molecular flexibility index (Phi) is 6.75. The van der Waals surface area contributed by atoms with Gasteiger partial charge in [-0.3, -0.25) is 9.59 Å². The molecule has 1 aromatic rings. The van der Waals surface area contributed by atoms with Gasteiger partial charge in [0.05, 0.1) is 0 Å². The number of amides is 2. The lowest BCUT2D eigenvalue weighted by Crippen LogP contribution is -2.48. The summed E-state index contributed by atoms with van der Waals surface area (Å²) in [6.07, 6.45) is 0. The Hall–Kier alpha value is -2.18. The Labute approximate surface area is 128 Å². The molecule has 7 heteroatoms. The average molecular weight is 314 g/mol. The molecule has 0 saturated heterocycles. The van der Waals surface area contributed by atoms with Crippen LogP contribution in [-0.4, -0.2) is 24.5 Å². The second kappa shape index (κ2) is 8.31. The van der Waals surface area contributed by atoms with Gasteiger partial charge in [0.1, 0.15) is 11.8 Å². The van der Waals surface area contributed by atoms with E-state index in [9.17, 15) is 18.4 Å². The Balaban J connectivity index is 2.57. The van der Waals surface area contributed by atoms with Gasteiger partial charge in [0.2, 0.25) is 11.8 Å². The van der Waals surface area contributed by atoms with Gasteiger partial charge in [0.15, 0.2) is 0 Å².